The number of hydrogen-bond donors (Lipinski definition) is 0. The Balaban J connectivity index is 2.24. The maximum atomic E-state index is 9.11. The second-order valence-electron chi connectivity index (χ2n) is 4.53. The summed E-state index contributed by atoms with van der Waals surface area (Å²) in [5.74, 6) is 1.39. The largest absolute Gasteiger partial charge is 0.493 e. The zero-order chi connectivity index (χ0) is 15.2. The predicted molar refractivity (Wildman–Crippen MR) is 80.6 cm³/mol. The first-order valence-corrected chi connectivity index (χ1v) is 6.46. The topological polar surface area (TPSA) is 58.4 Å². The molecule has 5 nitrogen and oxygen atoms in total. The van der Waals surface area contributed by atoms with Crippen LogP contribution in [0.25, 0.3) is 0 Å². The third-order valence-corrected chi connectivity index (χ3v) is 3.17. The van der Waals surface area contributed by atoms with E-state index in [1.807, 2.05) is 42.3 Å². The van der Waals surface area contributed by atoms with Crippen LogP contribution in [0.1, 0.15) is 11.3 Å². The van der Waals surface area contributed by atoms with Crippen LogP contribution in [0.15, 0.2) is 36.5 Å². The molecule has 0 amide bonds. The Morgan fingerprint density at radius 3 is 2.62 bits per heavy atom. The molecule has 2 aromatic rings. The van der Waals surface area contributed by atoms with Crippen molar-refractivity contribution < 1.29 is 9.47 Å². The van der Waals surface area contributed by atoms with E-state index >= 15 is 0 Å². The van der Waals surface area contributed by atoms with Crippen molar-refractivity contribution in [1.29, 1.82) is 5.26 Å². The highest BCUT2D eigenvalue weighted by Crippen LogP contribution is 2.28. The average molecular weight is 283 g/mol. The SMILES string of the molecule is COc1ccc(CN(C)c2cccnc2C#N)cc1OC. The van der Waals surface area contributed by atoms with Crippen molar-refractivity contribution in [2.24, 2.45) is 0 Å². The molecule has 5 heteroatoms. The summed E-state index contributed by atoms with van der Waals surface area (Å²) in [6, 6.07) is 11.6. The second-order valence-corrected chi connectivity index (χ2v) is 4.53. The Morgan fingerprint density at radius 1 is 1.19 bits per heavy atom. The molecule has 0 N–H and O–H groups in total. The number of nitriles is 1. The number of hydrogen-bond acceptors (Lipinski definition) is 5. The van der Waals surface area contributed by atoms with Gasteiger partial charge in [-0.2, -0.15) is 5.26 Å². The Labute approximate surface area is 124 Å². The summed E-state index contributed by atoms with van der Waals surface area (Å²) in [5, 5.41) is 9.11. The van der Waals surface area contributed by atoms with Gasteiger partial charge in [0.25, 0.3) is 0 Å². The molecule has 1 aromatic carbocycles. The van der Waals surface area contributed by atoms with Gasteiger partial charge in [-0.05, 0) is 29.8 Å². The Hall–Kier alpha value is -2.74. The summed E-state index contributed by atoms with van der Waals surface area (Å²) in [5.41, 5.74) is 2.28. The normalized spacial score (nSPS) is 9.81. The number of pyridine rings is 1. The average Bonchev–Trinajstić information content (AvgIpc) is 2.54. The lowest BCUT2D eigenvalue weighted by Crippen LogP contribution is -2.18. The number of methoxy groups -OCH3 is 2. The quantitative estimate of drug-likeness (QED) is 0.844. The van der Waals surface area contributed by atoms with Crippen LogP contribution < -0.4 is 14.4 Å². The number of rotatable bonds is 5. The number of benzene rings is 1. The fraction of sp³-hybridized carbons (Fsp3) is 0.250. The first-order valence-electron chi connectivity index (χ1n) is 6.46. The molecule has 0 aliphatic rings. The van der Waals surface area contributed by atoms with E-state index in [1.54, 1.807) is 20.4 Å². The first kappa shape index (κ1) is 14.7. The summed E-state index contributed by atoms with van der Waals surface area (Å²) >= 11 is 0. The predicted octanol–water partition coefficient (Wildman–Crippen LogP) is 2.61. The van der Waals surface area contributed by atoms with Gasteiger partial charge in [-0.15, -0.1) is 0 Å². The Morgan fingerprint density at radius 2 is 1.95 bits per heavy atom. The minimum atomic E-state index is 0.417. The molecular formula is C16H17N3O2. The zero-order valence-electron chi connectivity index (χ0n) is 12.3. The van der Waals surface area contributed by atoms with Gasteiger partial charge in [0.05, 0.1) is 19.9 Å². The highest BCUT2D eigenvalue weighted by molar-refractivity contribution is 5.55. The lowest BCUT2D eigenvalue weighted by molar-refractivity contribution is 0.354. The first-order chi connectivity index (χ1) is 10.2. The van der Waals surface area contributed by atoms with Gasteiger partial charge in [0, 0.05) is 19.8 Å². The van der Waals surface area contributed by atoms with E-state index in [0.29, 0.717) is 23.7 Å². The summed E-state index contributed by atoms with van der Waals surface area (Å²) in [6.07, 6.45) is 1.62. The molecule has 108 valence electrons. The van der Waals surface area contributed by atoms with Crippen LogP contribution in [0.5, 0.6) is 11.5 Å². The molecular weight excluding hydrogens is 266 g/mol. The van der Waals surface area contributed by atoms with Crippen LogP contribution in [0.4, 0.5) is 5.69 Å². The van der Waals surface area contributed by atoms with E-state index in [2.05, 4.69) is 11.1 Å². The van der Waals surface area contributed by atoms with Crippen LogP contribution in [0.2, 0.25) is 0 Å². The number of ether oxygens (including phenoxy) is 2. The molecule has 0 aliphatic carbocycles. The van der Waals surface area contributed by atoms with E-state index in [-0.39, 0.29) is 0 Å². The van der Waals surface area contributed by atoms with Gasteiger partial charge in [-0.1, -0.05) is 6.07 Å². The molecule has 0 saturated carbocycles. The lowest BCUT2D eigenvalue weighted by Gasteiger charge is -2.20. The summed E-state index contributed by atoms with van der Waals surface area (Å²) < 4.78 is 10.5. The molecule has 0 radical (unpaired) electrons. The van der Waals surface area contributed by atoms with Crippen molar-refractivity contribution in [3.05, 3.63) is 47.8 Å². The third-order valence-electron chi connectivity index (χ3n) is 3.17. The molecule has 2 rings (SSSR count). The van der Waals surface area contributed by atoms with Gasteiger partial charge in [-0.3, -0.25) is 0 Å². The fourth-order valence-electron chi connectivity index (χ4n) is 2.13. The molecule has 0 unspecified atom stereocenters. The van der Waals surface area contributed by atoms with Crippen molar-refractivity contribution in [3.8, 4) is 17.6 Å². The maximum Gasteiger partial charge on any atom is 0.163 e. The minimum absolute atomic E-state index is 0.417. The highest BCUT2D eigenvalue weighted by atomic mass is 16.5. The van der Waals surface area contributed by atoms with E-state index < -0.39 is 0 Å². The molecule has 0 spiro atoms. The van der Waals surface area contributed by atoms with Gasteiger partial charge in [-0.25, -0.2) is 4.98 Å². The fourth-order valence-corrected chi connectivity index (χ4v) is 2.13. The molecule has 1 aromatic heterocycles. The van der Waals surface area contributed by atoms with E-state index in [9.17, 15) is 0 Å². The lowest BCUT2D eigenvalue weighted by atomic mass is 10.1. The Kier molecular flexibility index (Phi) is 4.62. The van der Waals surface area contributed by atoms with E-state index in [1.165, 1.54) is 0 Å². The molecule has 0 bridgehead atoms. The van der Waals surface area contributed by atoms with Crippen LogP contribution in [0, 0.1) is 11.3 Å². The van der Waals surface area contributed by atoms with Gasteiger partial charge in [0.1, 0.15) is 6.07 Å². The number of anilines is 1. The Bertz CT molecular complexity index is 665. The van der Waals surface area contributed by atoms with Crippen molar-refractivity contribution in [2.45, 2.75) is 6.54 Å². The van der Waals surface area contributed by atoms with Crippen LogP contribution in [-0.2, 0) is 6.54 Å². The number of nitrogens with zero attached hydrogens (tertiary/aromatic N) is 3. The van der Waals surface area contributed by atoms with Crippen molar-refractivity contribution in [2.75, 3.05) is 26.2 Å². The standard InChI is InChI=1S/C16H17N3O2/c1-19(14-5-4-8-18-13(14)10-17)11-12-6-7-15(20-2)16(9-12)21-3/h4-9H,11H2,1-3H3. The van der Waals surface area contributed by atoms with Crippen LogP contribution >= 0.6 is 0 Å². The van der Waals surface area contributed by atoms with Crippen molar-refractivity contribution >= 4 is 5.69 Å². The van der Waals surface area contributed by atoms with Crippen LogP contribution in [-0.4, -0.2) is 26.3 Å². The smallest absolute Gasteiger partial charge is 0.163 e. The zero-order valence-corrected chi connectivity index (χ0v) is 12.3. The molecule has 0 atom stereocenters. The van der Waals surface area contributed by atoms with Gasteiger partial charge in [0.2, 0.25) is 0 Å². The highest BCUT2D eigenvalue weighted by Gasteiger charge is 2.10. The summed E-state index contributed by atoms with van der Waals surface area (Å²) in [6.45, 7) is 0.640. The van der Waals surface area contributed by atoms with Gasteiger partial charge in [0.15, 0.2) is 17.2 Å². The summed E-state index contributed by atoms with van der Waals surface area (Å²) in [7, 11) is 5.15. The second kappa shape index (κ2) is 6.62. The molecule has 0 aliphatic heterocycles. The van der Waals surface area contributed by atoms with Crippen molar-refractivity contribution in [3.63, 3.8) is 0 Å². The number of aromatic nitrogens is 1. The van der Waals surface area contributed by atoms with E-state index in [4.69, 9.17) is 14.7 Å². The van der Waals surface area contributed by atoms with E-state index in [0.717, 1.165) is 11.3 Å². The minimum Gasteiger partial charge on any atom is -0.493 e. The molecule has 0 saturated heterocycles. The summed E-state index contributed by atoms with van der Waals surface area (Å²) in [4.78, 5) is 6.05. The van der Waals surface area contributed by atoms with Crippen molar-refractivity contribution in [1.82, 2.24) is 4.98 Å². The molecule has 0 fully saturated rings. The molecule has 21 heavy (non-hydrogen) atoms. The monoisotopic (exact) mass is 283 g/mol. The van der Waals surface area contributed by atoms with Gasteiger partial charge < -0.3 is 14.4 Å². The maximum absolute atomic E-state index is 9.11. The third kappa shape index (κ3) is 3.23. The molecule has 1 heterocycles. The van der Waals surface area contributed by atoms with Gasteiger partial charge >= 0.3 is 0 Å². The van der Waals surface area contributed by atoms with Crippen LogP contribution in [0.3, 0.4) is 0 Å².